The number of nitrogens with one attached hydrogen (secondary N) is 3. The molecule has 19 heavy (non-hydrogen) atoms. The van der Waals surface area contributed by atoms with E-state index in [1.54, 1.807) is 7.05 Å². The molecule has 104 valence electrons. The molecule has 4 nitrogen and oxygen atoms in total. The first-order valence-corrected chi connectivity index (χ1v) is 6.27. The van der Waals surface area contributed by atoms with Crippen LogP contribution in [0.5, 0.6) is 0 Å². The lowest BCUT2D eigenvalue weighted by atomic mass is 10.1. The number of benzene rings is 1. The summed E-state index contributed by atoms with van der Waals surface area (Å²) in [7, 11) is 1.77. The third-order valence-electron chi connectivity index (χ3n) is 2.96. The molecule has 2 aromatic rings. The molecule has 0 aliphatic heterocycles. The number of likely N-dealkylation sites (N-methyl/N-ethyl adjacent to an activating group) is 1. The number of halogens is 1. The van der Waals surface area contributed by atoms with E-state index in [9.17, 15) is 4.79 Å². The smallest absolute Gasteiger partial charge is 0.233 e. The molecular weight excluding hydrogens is 262 g/mol. The number of carbonyl (C=O) groups is 1. The number of aryl methyl sites for hydroxylation is 1. The molecular formula is C14H20ClN3O. The van der Waals surface area contributed by atoms with Crippen molar-refractivity contribution in [2.24, 2.45) is 0 Å². The van der Waals surface area contributed by atoms with Crippen LogP contribution in [0, 0.1) is 0 Å². The van der Waals surface area contributed by atoms with Crippen LogP contribution < -0.4 is 10.6 Å². The molecule has 0 unspecified atom stereocenters. The van der Waals surface area contributed by atoms with Crippen molar-refractivity contribution in [2.75, 3.05) is 20.1 Å². The average Bonchev–Trinajstić information content (AvgIpc) is 2.78. The second-order valence-electron chi connectivity index (χ2n) is 4.34. The highest BCUT2D eigenvalue weighted by atomic mass is 35.5. The molecule has 0 radical (unpaired) electrons. The Morgan fingerprint density at radius 1 is 1.32 bits per heavy atom. The fourth-order valence-electron chi connectivity index (χ4n) is 2.07. The van der Waals surface area contributed by atoms with Crippen molar-refractivity contribution in [3.8, 4) is 0 Å². The van der Waals surface area contributed by atoms with E-state index in [1.807, 2.05) is 12.1 Å². The molecule has 0 saturated heterocycles. The molecule has 0 bridgehead atoms. The number of H-pyrrole nitrogens is 1. The Balaban J connectivity index is 0.00000180. The van der Waals surface area contributed by atoms with Crippen LogP contribution in [0.3, 0.4) is 0 Å². The van der Waals surface area contributed by atoms with Gasteiger partial charge in [-0.1, -0.05) is 18.2 Å². The van der Waals surface area contributed by atoms with Crippen molar-refractivity contribution in [3.63, 3.8) is 0 Å². The highest BCUT2D eigenvalue weighted by molar-refractivity contribution is 5.85. The lowest BCUT2D eigenvalue weighted by Crippen LogP contribution is -2.32. The summed E-state index contributed by atoms with van der Waals surface area (Å²) in [5, 5.41) is 6.99. The Kier molecular flexibility index (Phi) is 6.39. The molecule has 0 aliphatic rings. The van der Waals surface area contributed by atoms with E-state index in [0.717, 1.165) is 19.4 Å². The number of carbonyl (C=O) groups excluding carboxylic acids is 1. The molecule has 2 rings (SSSR count). The number of aromatic amines is 1. The zero-order valence-corrected chi connectivity index (χ0v) is 11.8. The molecule has 1 aromatic heterocycles. The van der Waals surface area contributed by atoms with E-state index in [1.165, 1.54) is 16.5 Å². The van der Waals surface area contributed by atoms with Gasteiger partial charge in [-0.3, -0.25) is 4.79 Å². The third-order valence-corrected chi connectivity index (χ3v) is 2.96. The summed E-state index contributed by atoms with van der Waals surface area (Å²) in [5.41, 5.74) is 2.49. The zero-order chi connectivity index (χ0) is 12.8. The maximum Gasteiger partial charge on any atom is 0.233 e. The predicted molar refractivity (Wildman–Crippen MR) is 80.8 cm³/mol. The third kappa shape index (κ3) is 4.26. The van der Waals surface area contributed by atoms with Gasteiger partial charge in [0.2, 0.25) is 5.91 Å². The Bertz CT molecular complexity index is 524. The SMILES string of the molecule is CNCC(=O)NCCCc1c[nH]c2ccccc12.Cl. The summed E-state index contributed by atoms with van der Waals surface area (Å²) in [4.78, 5) is 14.5. The first-order chi connectivity index (χ1) is 8.81. The number of para-hydroxylation sites is 1. The maximum atomic E-state index is 11.2. The second kappa shape index (κ2) is 7.81. The van der Waals surface area contributed by atoms with E-state index < -0.39 is 0 Å². The second-order valence-corrected chi connectivity index (χ2v) is 4.34. The highest BCUT2D eigenvalue weighted by Crippen LogP contribution is 2.18. The highest BCUT2D eigenvalue weighted by Gasteiger charge is 2.03. The largest absolute Gasteiger partial charge is 0.361 e. The van der Waals surface area contributed by atoms with Gasteiger partial charge < -0.3 is 15.6 Å². The van der Waals surface area contributed by atoms with Crippen LogP contribution in [-0.4, -0.2) is 31.0 Å². The number of rotatable bonds is 6. The monoisotopic (exact) mass is 281 g/mol. The lowest BCUT2D eigenvalue weighted by molar-refractivity contribution is -0.120. The number of amides is 1. The van der Waals surface area contributed by atoms with Gasteiger partial charge in [-0.2, -0.15) is 0 Å². The molecule has 0 spiro atoms. The Morgan fingerprint density at radius 3 is 2.89 bits per heavy atom. The van der Waals surface area contributed by atoms with Gasteiger partial charge in [-0.25, -0.2) is 0 Å². The van der Waals surface area contributed by atoms with E-state index >= 15 is 0 Å². The van der Waals surface area contributed by atoms with Gasteiger partial charge in [0.25, 0.3) is 0 Å². The summed E-state index contributed by atoms with van der Waals surface area (Å²) in [6.45, 7) is 1.10. The van der Waals surface area contributed by atoms with Crippen molar-refractivity contribution >= 4 is 29.2 Å². The summed E-state index contributed by atoms with van der Waals surface area (Å²) < 4.78 is 0. The molecule has 5 heteroatoms. The minimum Gasteiger partial charge on any atom is -0.361 e. The van der Waals surface area contributed by atoms with Crippen molar-refractivity contribution < 1.29 is 4.79 Å². The van der Waals surface area contributed by atoms with Gasteiger partial charge in [0.1, 0.15) is 0 Å². The quantitative estimate of drug-likeness (QED) is 0.708. The van der Waals surface area contributed by atoms with E-state index in [-0.39, 0.29) is 18.3 Å². The van der Waals surface area contributed by atoms with Crippen molar-refractivity contribution in [3.05, 3.63) is 36.0 Å². The van der Waals surface area contributed by atoms with Gasteiger partial charge in [0.05, 0.1) is 6.54 Å². The Labute approximate surface area is 119 Å². The van der Waals surface area contributed by atoms with E-state index in [4.69, 9.17) is 0 Å². The molecule has 0 aliphatic carbocycles. The minimum absolute atomic E-state index is 0. The van der Waals surface area contributed by atoms with Crippen molar-refractivity contribution in [1.29, 1.82) is 0 Å². The molecule has 0 fully saturated rings. The molecule has 0 atom stereocenters. The predicted octanol–water partition coefficient (Wildman–Crippen LogP) is 1.86. The Morgan fingerprint density at radius 2 is 2.11 bits per heavy atom. The first kappa shape index (κ1) is 15.5. The normalized spacial score (nSPS) is 10.2. The van der Waals surface area contributed by atoms with Gasteiger partial charge >= 0.3 is 0 Å². The van der Waals surface area contributed by atoms with Crippen molar-refractivity contribution in [1.82, 2.24) is 15.6 Å². The standard InChI is InChI=1S/C14H19N3O.ClH/c1-15-10-14(18)16-8-4-5-11-9-17-13-7-3-2-6-12(11)13;/h2-3,6-7,9,15,17H,4-5,8,10H2,1H3,(H,16,18);1H. The van der Waals surface area contributed by atoms with Crippen LogP contribution >= 0.6 is 12.4 Å². The molecule has 0 saturated carbocycles. The molecule has 1 aromatic carbocycles. The van der Waals surface area contributed by atoms with Crippen LogP contribution in [-0.2, 0) is 11.2 Å². The summed E-state index contributed by atoms with van der Waals surface area (Å²) in [6, 6.07) is 8.28. The van der Waals surface area contributed by atoms with Crippen LogP contribution in [0.4, 0.5) is 0 Å². The van der Waals surface area contributed by atoms with E-state index in [0.29, 0.717) is 6.54 Å². The first-order valence-electron chi connectivity index (χ1n) is 6.27. The summed E-state index contributed by atoms with van der Waals surface area (Å²) >= 11 is 0. The summed E-state index contributed by atoms with van der Waals surface area (Å²) in [5.74, 6) is 0.0522. The topological polar surface area (TPSA) is 56.9 Å². The maximum absolute atomic E-state index is 11.2. The van der Waals surface area contributed by atoms with Gasteiger partial charge in [0.15, 0.2) is 0 Å². The molecule has 1 amide bonds. The van der Waals surface area contributed by atoms with Gasteiger partial charge in [0, 0.05) is 23.6 Å². The van der Waals surface area contributed by atoms with Crippen LogP contribution in [0.15, 0.2) is 30.5 Å². The van der Waals surface area contributed by atoms with Crippen LogP contribution in [0.25, 0.3) is 10.9 Å². The van der Waals surface area contributed by atoms with Gasteiger partial charge in [-0.05, 0) is 31.5 Å². The lowest BCUT2D eigenvalue weighted by Gasteiger charge is -2.04. The number of fused-ring (bicyclic) bond motifs is 1. The van der Waals surface area contributed by atoms with Crippen LogP contribution in [0.1, 0.15) is 12.0 Å². The van der Waals surface area contributed by atoms with Crippen LogP contribution in [0.2, 0.25) is 0 Å². The average molecular weight is 282 g/mol. The zero-order valence-electron chi connectivity index (χ0n) is 11.0. The number of hydrogen-bond donors (Lipinski definition) is 3. The fraction of sp³-hybridized carbons (Fsp3) is 0.357. The number of hydrogen-bond acceptors (Lipinski definition) is 2. The van der Waals surface area contributed by atoms with E-state index in [2.05, 4.69) is 33.9 Å². The number of aromatic nitrogens is 1. The van der Waals surface area contributed by atoms with Crippen molar-refractivity contribution in [2.45, 2.75) is 12.8 Å². The molecule has 1 heterocycles. The van der Waals surface area contributed by atoms with Gasteiger partial charge in [-0.15, -0.1) is 12.4 Å². The molecule has 3 N–H and O–H groups in total. The Hall–Kier alpha value is -1.52. The fourth-order valence-corrected chi connectivity index (χ4v) is 2.07. The summed E-state index contributed by atoms with van der Waals surface area (Å²) in [6.07, 6.45) is 3.99. The minimum atomic E-state index is 0.